The molecule has 0 aromatic heterocycles. The third-order valence-corrected chi connectivity index (χ3v) is 3.20. The van der Waals surface area contributed by atoms with Gasteiger partial charge in [-0.05, 0) is 17.9 Å². The van der Waals surface area contributed by atoms with Crippen LogP contribution in [0.5, 0.6) is 0 Å². The van der Waals surface area contributed by atoms with Crippen molar-refractivity contribution in [1.29, 1.82) is 0 Å². The Bertz CT molecular complexity index is 267. The largest absolute Gasteiger partial charge is 0.271 e. The molecule has 1 saturated carbocycles. The van der Waals surface area contributed by atoms with Crippen LogP contribution in [-0.2, 0) is 0 Å². The van der Waals surface area contributed by atoms with E-state index in [-0.39, 0.29) is 0 Å². The second kappa shape index (κ2) is 4.58. The van der Waals surface area contributed by atoms with Crippen molar-refractivity contribution < 1.29 is 0 Å². The Kier molecular flexibility index (Phi) is 3.17. The van der Waals surface area contributed by atoms with E-state index >= 15 is 0 Å². The van der Waals surface area contributed by atoms with Gasteiger partial charge in [-0.2, -0.15) is 0 Å². The molecule has 2 heteroatoms. The molecule has 0 saturated heterocycles. The maximum Gasteiger partial charge on any atom is 0.0462 e. The van der Waals surface area contributed by atoms with E-state index in [1.165, 1.54) is 31.2 Å². The van der Waals surface area contributed by atoms with E-state index < -0.39 is 0 Å². The summed E-state index contributed by atoms with van der Waals surface area (Å²) in [5, 5.41) is 0. The second-order valence-corrected chi connectivity index (χ2v) is 4.16. The first-order valence-corrected chi connectivity index (χ1v) is 5.41. The lowest BCUT2D eigenvalue weighted by molar-refractivity contribution is 0.262. The molecule has 0 heterocycles. The molecule has 0 radical (unpaired) electrons. The second-order valence-electron chi connectivity index (χ2n) is 4.16. The topological polar surface area (TPSA) is 38.0 Å². The van der Waals surface area contributed by atoms with Gasteiger partial charge >= 0.3 is 0 Å². The van der Waals surface area contributed by atoms with Crippen LogP contribution in [0, 0.1) is 5.92 Å². The molecule has 0 amide bonds. The molecule has 3 N–H and O–H groups in total. The van der Waals surface area contributed by atoms with E-state index in [0.717, 1.165) is 5.92 Å². The van der Waals surface area contributed by atoms with Gasteiger partial charge in [0.15, 0.2) is 0 Å². The van der Waals surface area contributed by atoms with Gasteiger partial charge in [0.05, 0.1) is 0 Å². The van der Waals surface area contributed by atoms with Crippen LogP contribution in [-0.4, -0.2) is 0 Å². The lowest BCUT2D eigenvalue weighted by atomic mass is 9.80. The summed E-state index contributed by atoms with van der Waals surface area (Å²) < 4.78 is 0. The third-order valence-electron chi connectivity index (χ3n) is 3.20. The molecule has 1 aromatic rings. The van der Waals surface area contributed by atoms with Crippen molar-refractivity contribution in [3.8, 4) is 0 Å². The summed E-state index contributed by atoms with van der Waals surface area (Å²) in [6.07, 6.45) is 5.34. The van der Waals surface area contributed by atoms with Gasteiger partial charge in [-0.1, -0.05) is 49.6 Å². The van der Waals surface area contributed by atoms with Crippen molar-refractivity contribution >= 4 is 0 Å². The maximum atomic E-state index is 5.58. The lowest BCUT2D eigenvalue weighted by Crippen LogP contribution is -2.31. The van der Waals surface area contributed by atoms with Crippen LogP contribution in [0.1, 0.15) is 37.3 Å². The molecule has 1 fully saturated rings. The van der Waals surface area contributed by atoms with Gasteiger partial charge in [0.2, 0.25) is 0 Å². The summed E-state index contributed by atoms with van der Waals surface area (Å²) in [6.45, 7) is 0. The van der Waals surface area contributed by atoms with E-state index in [0.29, 0.717) is 6.04 Å². The standard InChI is InChI=1S/C12H18N2/c13-14-12(9-10-5-4-6-10)11-7-2-1-3-8-11/h1-3,7-8,10,12,14H,4-6,9,13H2. The SMILES string of the molecule is NNC(CC1CCC1)c1ccccc1. The zero-order valence-corrected chi connectivity index (χ0v) is 8.45. The first kappa shape index (κ1) is 9.69. The van der Waals surface area contributed by atoms with Gasteiger partial charge in [-0.25, -0.2) is 0 Å². The lowest BCUT2D eigenvalue weighted by Gasteiger charge is -2.29. The van der Waals surface area contributed by atoms with Gasteiger partial charge in [-0.15, -0.1) is 0 Å². The van der Waals surface area contributed by atoms with E-state index in [1.54, 1.807) is 0 Å². The number of rotatable bonds is 4. The van der Waals surface area contributed by atoms with E-state index in [4.69, 9.17) is 5.84 Å². The molecule has 0 spiro atoms. The number of benzene rings is 1. The van der Waals surface area contributed by atoms with E-state index in [9.17, 15) is 0 Å². The normalized spacial score (nSPS) is 18.9. The highest BCUT2D eigenvalue weighted by Gasteiger charge is 2.22. The minimum Gasteiger partial charge on any atom is -0.271 e. The smallest absolute Gasteiger partial charge is 0.0462 e. The molecule has 1 atom stereocenters. The first-order valence-electron chi connectivity index (χ1n) is 5.41. The fraction of sp³-hybridized carbons (Fsp3) is 0.500. The quantitative estimate of drug-likeness (QED) is 0.565. The molecule has 2 nitrogen and oxygen atoms in total. The Balaban J connectivity index is 1.98. The Labute approximate surface area is 85.5 Å². The van der Waals surface area contributed by atoms with Crippen molar-refractivity contribution in [3.63, 3.8) is 0 Å². The van der Waals surface area contributed by atoms with Crippen LogP contribution in [0.25, 0.3) is 0 Å². The molecule has 14 heavy (non-hydrogen) atoms. The highest BCUT2D eigenvalue weighted by atomic mass is 15.2. The predicted octanol–water partition coefficient (Wildman–Crippen LogP) is 2.38. The van der Waals surface area contributed by atoms with E-state index in [1.807, 2.05) is 6.07 Å². The van der Waals surface area contributed by atoms with Gasteiger partial charge in [0, 0.05) is 6.04 Å². The monoisotopic (exact) mass is 190 g/mol. The van der Waals surface area contributed by atoms with Crippen molar-refractivity contribution in [3.05, 3.63) is 35.9 Å². The van der Waals surface area contributed by atoms with Crippen LogP contribution in [0.2, 0.25) is 0 Å². The Morgan fingerprint density at radius 2 is 2.00 bits per heavy atom. The number of nitrogens with one attached hydrogen (secondary N) is 1. The zero-order chi connectivity index (χ0) is 9.80. The van der Waals surface area contributed by atoms with Gasteiger partial charge < -0.3 is 0 Å². The summed E-state index contributed by atoms with van der Waals surface area (Å²) in [5.74, 6) is 6.47. The Morgan fingerprint density at radius 1 is 1.29 bits per heavy atom. The molecule has 76 valence electrons. The average Bonchev–Trinajstić information content (AvgIpc) is 2.18. The maximum absolute atomic E-state index is 5.58. The van der Waals surface area contributed by atoms with Gasteiger partial charge in [0.25, 0.3) is 0 Å². The zero-order valence-electron chi connectivity index (χ0n) is 8.45. The minimum atomic E-state index is 0.335. The van der Waals surface area contributed by atoms with Gasteiger partial charge in [-0.3, -0.25) is 11.3 Å². The molecule has 1 aromatic carbocycles. The summed E-state index contributed by atoms with van der Waals surface area (Å²) in [6, 6.07) is 10.8. The molecule has 2 rings (SSSR count). The summed E-state index contributed by atoms with van der Waals surface area (Å²) in [4.78, 5) is 0. The average molecular weight is 190 g/mol. The molecule has 0 bridgehead atoms. The minimum absolute atomic E-state index is 0.335. The van der Waals surface area contributed by atoms with Crippen LogP contribution in [0.4, 0.5) is 0 Å². The molecule has 1 aliphatic rings. The molecule has 1 unspecified atom stereocenters. The van der Waals surface area contributed by atoms with Crippen molar-refractivity contribution in [2.24, 2.45) is 11.8 Å². The fourth-order valence-corrected chi connectivity index (χ4v) is 2.05. The molecule has 0 aliphatic heterocycles. The molecular weight excluding hydrogens is 172 g/mol. The number of hydrogen-bond donors (Lipinski definition) is 2. The van der Waals surface area contributed by atoms with Crippen LogP contribution < -0.4 is 11.3 Å². The third kappa shape index (κ3) is 2.14. The molecular formula is C12H18N2. The number of hydrazine groups is 1. The van der Waals surface area contributed by atoms with Crippen molar-refractivity contribution in [2.75, 3.05) is 0 Å². The summed E-state index contributed by atoms with van der Waals surface area (Å²) in [5.41, 5.74) is 4.22. The Hall–Kier alpha value is -0.860. The highest BCUT2D eigenvalue weighted by Crippen LogP contribution is 2.34. The van der Waals surface area contributed by atoms with E-state index in [2.05, 4.69) is 29.7 Å². The number of nitrogens with two attached hydrogens (primary N) is 1. The van der Waals surface area contributed by atoms with Crippen LogP contribution >= 0.6 is 0 Å². The molecule has 1 aliphatic carbocycles. The van der Waals surface area contributed by atoms with Crippen molar-refractivity contribution in [2.45, 2.75) is 31.7 Å². The summed E-state index contributed by atoms with van der Waals surface area (Å²) in [7, 11) is 0. The summed E-state index contributed by atoms with van der Waals surface area (Å²) >= 11 is 0. The van der Waals surface area contributed by atoms with Crippen molar-refractivity contribution in [1.82, 2.24) is 5.43 Å². The highest BCUT2D eigenvalue weighted by molar-refractivity contribution is 5.18. The van der Waals surface area contributed by atoms with Gasteiger partial charge in [0.1, 0.15) is 0 Å². The fourth-order valence-electron chi connectivity index (χ4n) is 2.05. The van der Waals surface area contributed by atoms with Crippen LogP contribution in [0.3, 0.4) is 0 Å². The number of hydrogen-bond acceptors (Lipinski definition) is 2. The van der Waals surface area contributed by atoms with Crippen LogP contribution in [0.15, 0.2) is 30.3 Å². The first-order chi connectivity index (χ1) is 6.90. The predicted molar refractivity (Wildman–Crippen MR) is 58.5 cm³/mol. The Morgan fingerprint density at radius 3 is 2.50 bits per heavy atom.